The van der Waals surface area contributed by atoms with Gasteiger partial charge in [0.15, 0.2) is 0 Å². The van der Waals surface area contributed by atoms with Gasteiger partial charge in [-0.2, -0.15) is 0 Å². The molecule has 1 aliphatic rings. The number of aliphatic carboxylic acids is 1. The van der Waals surface area contributed by atoms with E-state index >= 15 is 0 Å². The summed E-state index contributed by atoms with van der Waals surface area (Å²) in [7, 11) is -3.66. The van der Waals surface area contributed by atoms with E-state index in [1.54, 1.807) is 6.07 Å². The van der Waals surface area contributed by atoms with Gasteiger partial charge >= 0.3 is 5.97 Å². The number of fused-ring (bicyclic) bond motifs is 1. The minimum atomic E-state index is -3.66. The Balaban J connectivity index is 1.97. The van der Waals surface area contributed by atoms with E-state index in [1.165, 1.54) is 15.9 Å². The molecule has 25 heavy (non-hydrogen) atoms. The minimum absolute atomic E-state index is 0.158. The van der Waals surface area contributed by atoms with E-state index < -0.39 is 16.0 Å². The fraction of sp³-hybridized carbons (Fsp3) is 0.389. The van der Waals surface area contributed by atoms with Gasteiger partial charge < -0.3 is 5.11 Å². The summed E-state index contributed by atoms with van der Waals surface area (Å²) in [6.45, 7) is 4.69. The monoisotopic (exact) mass is 379 g/mol. The van der Waals surface area contributed by atoms with Gasteiger partial charge in [0.25, 0.3) is 10.0 Å². The van der Waals surface area contributed by atoms with E-state index in [-0.39, 0.29) is 10.6 Å². The molecule has 2 aromatic rings. The van der Waals surface area contributed by atoms with E-state index in [0.717, 1.165) is 35.4 Å². The molecule has 0 spiro atoms. The number of aryl methyl sites for hydroxylation is 1. The summed E-state index contributed by atoms with van der Waals surface area (Å²) in [6.07, 6.45) is 1.49. The van der Waals surface area contributed by atoms with Crippen LogP contribution in [0.3, 0.4) is 0 Å². The molecule has 1 aromatic heterocycles. The first kappa shape index (κ1) is 17.9. The summed E-state index contributed by atoms with van der Waals surface area (Å²) in [5.74, 6) is -0.566. The lowest BCUT2D eigenvalue weighted by Crippen LogP contribution is -2.35. The molecule has 2 heterocycles. The SMILES string of the molecule is CC(C)c1ccc2c(c1)CCCN2S(=O)(=O)c1ccc(CC(=O)O)s1. The number of rotatable bonds is 5. The van der Waals surface area contributed by atoms with Crippen LogP contribution in [0.15, 0.2) is 34.5 Å². The van der Waals surface area contributed by atoms with Gasteiger partial charge in [-0.1, -0.05) is 26.0 Å². The van der Waals surface area contributed by atoms with Crippen molar-refractivity contribution in [3.8, 4) is 0 Å². The number of hydrogen-bond acceptors (Lipinski definition) is 4. The number of benzene rings is 1. The molecule has 134 valence electrons. The molecule has 0 unspecified atom stereocenters. The topological polar surface area (TPSA) is 74.7 Å². The third-order valence-corrected chi connectivity index (χ3v) is 7.72. The predicted octanol–water partition coefficient (Wildman–Crippen LogP) is 3.64. The standard InChI is InChI=1S/C18H21NO4S2/c1-12(2)13-5-7-16-14(10-13)4-3-9-19(16)25(22,23)18-8-6-15(24-18)11-17(20)21/h5-8,10,12H,3-4,9,11H2,1-2H3,(H,20,21). The lowest BCUT2D eigenvalue weighted by molar-refractivity contribution is -0.136. The summed E-state index contributed by atoms with van der Waals surface area (Å²) in [5.41, 5.74) is 3.00. The average molecular weight is 380 g/mol. The number of hydrogen-bond donors (Lipinski definition) is 1. The van der Waals surface area contributed by atoms with Crippen LogP contribution in [0.2, 0.25) is 0 Å². The number of carbonyl (C=O) groups is 1. The molecule has 0 bridgehead atoms. The molecule has 0 radical (unpaired) electrons. The van der Waals surface area contributed by atoms with Crippen LogP contribution in [0.4, 0.5) is 5.69 Å². The highest BCUT2D eigenvalue weighted by atomic mass is 32.2. The average Bonchev–Trinajstić information content (AvgIpc) is 3.02. The molecule has 3 rings (SSSR count). The van der Waals surface area contributed by atoms with Crippen molar-refractivity contribution in [3.63, 3.8) is 0 Å². The highest BCUT2D eigenvalue weighted by Crippen LogP contribution is 2.35. The molecule has 0 saturated heterocycles. The van der Waals surface area contributed by atoms with Gasteiger partial charge in [0.2, 0.25) is 0 Å². The largest absolute Gasteiger partial charge is 0.481 e. The molecular weight excluding hydrogens is 358 g/mol. The van der Waals surface area contributed by atoms with Crippen LogP contribution in [0, 0.1) is 0 Å². The van der Waals surface area contributed by atoms with Gasteiger partial charge in [-0.25, -0.2) is 8.42 Å². The Labute approximate surface area is 152 Å². The molecule has 1 aliphatic heterocycles. The van der Waals surface area contributed by atoms with E-state index in [0.29, 0.717) is 17.3 Å². The summed E-state index contributed by atoms with van der Waals surface area (Å²) in [6, 6.07) is 9.08. The summed E-state index contributed by atoms with van der Waals surface area (Å²) in [4.78, 5) is 11.4. The second-order valence-electron chi connectivity index (χ2n) is 6.51. The maximum atomic E-state index is 13.1. The molecule has 1 N–H and O–H groups in total. The normalized spacial score (nSPS) is 14.6. The molecule has 0 saturated carbocycles. The minimum Gasteiger partial charge on any atom is -0.481 e. The highest BCUT2D eigenvalue weighted by Gasteiger charge is 2.30. The van der Waals surface area contributed by atoms with Crippen molar-refractivity contribution in [2.24, 2.45) is 0 Å². The number of carboxylic acids is 1. The molecule has 0 aliphatic carbocycles. The van der Waals surface area contributed by atoms with Crippen LogP contribution in [0.1, 0.15) is 42.2 Å². The Morgan fingerprint density at radius 3 is 2.72 bits per heavy atom. The number of thiophene rings is 1. The van der Waals surface area contributed by atoms with Crippen molar-refractivity contribution < 1.29 is 18.3 Å². The zero-order valence-corrected chi connectivity index (χ0v) is 15.9. The Kier molecular flexibility index (Phi) is 4.88. The summed E-state index contributed by atoms with van der Waals surface area (Å²) in [5, 5.41) is 8.88. The van der Waals surface area contributed by atoms with Gasteiger partial charge in [0.05, 0.1) is 12.1 Å². The second kappa shape index (κ2) is 6.80. The Morgan fingerprint density at radius 1 is 1.28 bits per heavy atom. The maximum absolute atomic E-state index is 13.1. The fourth-order valence-electron chi connectivity index (χ4n) is 3.04. The molecule has 0 atom stereocenters. The van der Waals surface area contributed by atoms with Crippen LogP contribution in [-0.2, 0) is 27.7 Å². The third-order valence-electron chi connectivity index (χ3n) is 4.35. The molecular formula is C18H21NO4S2. The smallest absolute Gasteiger partial charge is 0.308 e. The van der Waals surface area contributed by atoms with Crippen molar-refractivity contribution in [1.82, 2.24) is 0 Å². The van der Waals surface area contributed by atoms with Crippen LogP contribution < -0.4 is 4.31 Å². The number of nitrogens with zero attached hydrogens (tertiary/aromatic N) is 1. The third kappa shape index (κ3) is 3.57. The van der Waals surface area contributed by atoms with Gasteiger partial charge in [0, 0.05) is 11.4 Å². The van der Waals surface area contributed by atoms with Crippen LogP contribution in [0.25, 0.3) is 0 Å². The van der Waals surface area contributed by atoms with Gasteiger partial charge in [-0.15, -0.1) is 11.3 Å². The molecule has 0 amide bonds. The Hall–Kier alpha value is -1.86. The predicted molar refractivity (Wildman–Crippen MR) is 99.0 cm³/mol. The number of carboxylic acid groups (broad SMARTS) is 1. The van der Waals surface area contributed by atoms with Crippen molar-refractivity contribution >= 4 is 33.0 Å². The van der Waals surface area contributed by atoms with Crippen LogP contribution in [-0.4, -0.2) is 26.0 Å². The Bertz CT molecular complexity index is 900. The summed E-state index contributed by atoms with van der Waals surface area (Å²) < 4.78 is 27.8. The first-order chi connectivity index (χ1) is 11.8. The van der Waals surface area contributed by atoms with Gasteiger partial charge in [-0.3, -0.25) is 9.10 Å². The lowest BCUT2D eigenvalue weighted by Gasteiger charge is -2.30. The zero-order valence-electron chi connectivity index (χ0n) is 14.2. The lowest BCUT2D eigenvalue weighted by atomic mass is 9.96. The molecule has 5 nitrogen and oxygen atoms in total. The van der Waals surface area contributed by atoms with Crippen molar-refractivity contribution in [1.29, 1.82) is 0 Å². The zero-order chi connectivity index (χ0) is 18.2. The molecule has 7 heteroatoms. The maximum Gasteiger partial charge on any atom is 0.308 e. The first-order valence-corrected chi connectivity index (χ1v) is 10.5. The van der Waals surface area contributed by atoms with Gasteiger partial charge in [-0.05, 0) is 48.1 Å². The molecule has 1 aromatic carbocycles. The van der Waals surface area contributed by atoms with E-state index in [9.17, 15) is 13.2 Å². The van der Waals surface area contributed by atoms with Crippen molar-refractivity contribution in [2.75, 3.05) is 10.8 Å². The number of sulfonamides is 1. The van der Waals surface area contributed by atoms with Crippen molar-refractivity contribution in [2.45, 2.75) is 43.2 Å². The quantitative estimate of drug-likeness (QED) is 0.861. The number of anilines is 1. The van der Waals surface area contributed by atoms with E-state index in [2.05, 4.69) is 19.9 Å². The van der Waals surface area contributed by atoms with Crippen LogP contribution in [0.5, 0.6) is 0 Å². The Morgan fingerprint density at radius 2 is 2.04 bits per heavy atom. The van der Waals surface area contributed by atoms with Crippen LogP contribution >= 0.6 is 11.3 Å². The fourth-order valence-corrected chi connectivity index (χ4v) is 6.04. The van der Waals surface area contributed by atoms with E-state index in [1.807, 2.05) is 12.1 Å². The van der Waals surface area contributed by atoms with Gasteiger partial charge in [0.1, 0.15) is 4.21 Å². The van der Waals surface area contributed by atoms with E-state index in [4.69, 9.17) is 5.11 Å². The molecule has 0 fully saturated rings. The summed E-state index contributed by atoms with van der Waals surface area (Å²) >= 11 is 1.03. The second-order valence-corrected chi connectivity index (χ2v) is 9.77. The first-order valence-electron chi connectivity index (χ1n) is 8.25. The highest BCUT2D eigenvalue weighted by molar-refractivity contribution is 7.94. The van der Waals surface area contributed by atoms with Crippen molar-refractivity contribution in [3.05, 3.63) is 46.3 Å².